The molecule has 0 spiro atoms. The van der Waals surface area contributed by atoms with Crippen LogP contribution in [0.3, 0.4) is 0 Å². The van der Waals surface area contributed by atoms with Crippen LogP contribution in [-0.2, 0) is 14.3 Å². The molecule has 1 atom stereocenters. The highest BCUT2D eigenvalue weighted by atomic mass is 16.5. The van der Waals surface area contributed by atoms with E-state index < -0.39 is 17.7 Å². The Balaban J connectivity index is 1.85. The highest BCUT2D eigenvalue weighted by molar-refractivity contribution is 6.46. The lowest BCUT2D eigenvalue weighted by Crippen LogP contribution is -2.33. The van der Waals surface area contributed by atoms with Crippen LogP contribution in [0.15, 0.2) is 64.6 Å². The molecule has 1 unspecified atom stereocenters. The van der Waals surface area contributed by atoms with Gasteiger partial charge in [0.1, 0.15) is 23.3 Å². The molecule has 1 amide bonds. The molecule has 1 N–H and O–H groups in total. The van der Waals surface area contributed by atoms with Gasteiger partial charge in [-0.05, 0) is 43.7 Å². The van der Waals surface area contributed by atoms with Crippen LogP contribution in [0.1, 0.15) is 37.0 Å². The summed E-state index contributed by atoms with van der Waals surface area (Å²) in [7, 11) is 0. The first-order chi connectivity index (χ1) is 14.9. The van der Waals surface area contributed by atoms with Crippen molar-refractivity contribution in [3.05, 3.63) is 77.3 Å². The summed E-state index contributed by atoms with van der Waals surface area (Å²) in [5.74, 6) is -0.518. The summed E-state index contributed by atoms with van der Waals surface area (Å²) < 4.78 is 11.4. The van der Waals surface area contributed by atoms with Crippen molar-refractivity contribution in [3.8, 4) is 0 Å². The molecule has 1 aromatic heterocycles. The summed E-state index contributed by atoms with van der Waals surface area (Å²) in [5, 5.41) is 13.0. The largest absolute Gasteiger partial charge is 0.507 e. The molecule has 1 saturated heterocycles. The normalized spacial score (nSPS) is 18.5. The standard InChI is InChI=1S/C25H25NO5/c1-15(2)30-14-13-26-22(20-12-11-16(3)31-20)21(24(28)25(26)29)23(27)19-10-6-8-17-7-4-5-9-18(17)19/h4-12,15,22,27H,13-14H2,1-3H3/b23-21-. The average Bonchev–Trinajstić information content (AvgIpc) is 3.28. The maximum Gasteiger partial charge on any atom is 0.295 e. The van der Waals surface area contributed by atoms with Crippen molar-refractivity contribution in [3.63, 3.8) is 0 Å². The number of ether oxygens (including phenoxy) is 1. The number of carbonyl (C=O) groups is 2. The van der Waals surface area contributed by atoms with Crippen LogP contribution in [0.25, 0.3) is 16.5 Å². The SMILES string of the molecule is Cc1ccc(C2/C(=C(/O)c3cccc4ccccc34)C(=O)C(=O)N2CCOC(C)C)o1. The molecule has 31 heavy (non-hydrogen) atoms. The highest BCUT2D eigenvalue weighted by Crippen LogP contribution is 2.40. The number of carbonyl (C=O) groups excluding carboxylic acids is 2. The number of hydrogen-bond acceptors (Lipinski definition) is 5. The number of ketones is 1. The van der Waals surface area contributed by atoms with E-state index in [1.807, 2.05) is 50.2 Å². The van der Waals surface area contributed by atoms with Crippen molar-refractivity contribution in [2.45, 2.75) is 32.9 Å². The Morgan fingerprint density at radius 1 is 1.10 bits per heavy atom. The second-order valence-electron chi connectivity index (χ2n) is 7.89. The van der Waals surface area contributed by atoms with Crippen LogP contribution in [0, 0.1) is 6.92 Å². The van der Waals surface area contributed by atoms with E-state index in [1.54, 1.807) is 25.1 Å². The number of furan rings is 1. The molecule has 0 bridgehead atoms. The summed E-state index contributed by atoms with van der Waals surface area (Å²) in [6.07, 6.45) is -0.00295. The van der Waals surface area contributed by atoms with Crippen LogP contribution in [0.4, 0.5) is 0 Å². The molecule has 4 rings (SSSR count). The second-order valence-corrected chi connectivity index (χ2v) is 7.89. The van der Waals surface area contributed by atoms with Crippen LogP contribution < -0.4 is 0 Å². The molecule has 1 fully saturated rings. The number of nitrogens with zero attached hydrogens (tertiary/aromatic N) is 1. The number of fused-ring (bicyclic) bond motifs is 1. The van der Waals surface area contributed by atoms with Gasteiger partial charge in [0.05, 0.1) is 18.3 Å². The van der Waals surface area contributed by atoms with Crippen molar-refractivity contribution >= 4 is 28.2 Å². The molecule has 6 heteroatoms. The maximum atomic E-state index is 13.1. The van der Waals surface area contributed by atoms with Gasteiger partial charge in [0.15, 0.2) is 0 Å². The highest BCUT2D eigenvalue weighted by Gasteiger charge is 2.47. The molecular weight excluding hydrogens is 394 g/mol. The monoisotopic (exact) mass is 419 g/mol. The zero-order valence-electron chi connectivity index (χ0n) is 17.8. The van der Waals surface area contributed by atoms with Gasteiger partial charge in [-0.2, -0.15) is 0 Å². The van der Waals surface area contributed by atoms with E-state index in [0.29, 0.717) is 17.1 Å². The van der Waals surface area contributed by atoms with E-state index in [1.165, 1.54) is 4.90 Å². The Labute approximate surface area is 180 Å². The van der Waals surface area contributed by atoms with E-state index in [0.717, 1.165) is 10.8 Å². The molecule has 2 aromatic carbocycles. The van der Waals surface area contributed by atoms with Gasteiger partial charge >= 0.3 is 0 Å². The summed E-state index contributed by atoms with van der Waals surface area (Å²) in [5.41, 5.74) is 0.531. The topological polar surface area (TPSA) is 80.0 Å². The van der Waals surface area contributed by atoms with E-state index >= 15 is 0 Å². The van der Waals surface area contributed by atoms with Crippen LogP contribution in [0.5, 0.6) is 0 Å². The van der Waals surface area contributed by atoms with Gasteiger partial charge in [-0.1, -0.05) is 42.5 Å². The average molecular weight is 419 g/mol. The smallest absolute Gasteiger partial charge is 0.295 e. The van der Waals surface area contributed by atoms with Crippen molar-refractivity contribution in [2.24, 2.45) is 0 Å². The fourth-order valence-electron chi connectivity index (χ4n) is 3.97. The molecular formula is C25H25NO5. The Kier molecular flexibility index (Phi) is 5.65. The lowest BCUT2D eigenvalue weighted by molar-refractivity contribution is -0.140. The van der Waals surface area contributed by atoms with E-state index in [9.17, 15) is 14.7 Å². The van der Waals surface area contributed by atoms with Crippen molar-refractivity contribution < 1.29 is 23.8 Å². The van der Waals surface area contributed by atoms with Crippen molar-refractivity contribution in [2.75, 3.05) is 13.2 Å². The molecule has 0 aliphatic carbocycles. The number of aliphatic hydroxyl groups is 1. The molecule has 1 aliphatic heterocycles. The minimum absolute atomic E-state index is 0.00295. The molecule has 1 aliphatic rings. The van der Waals surface area contributed by atoms with Crippen LogP contribution in [-0.4, -0.2) is 41.0 Å². The molecule has 3 aromatic rings. The molecule has 2 heterocycles. The first kappa shape index (κ1) is 20.9. The Bertz CT molecular complexity index is 1170. The summed E-state index contributed by atoms with van der Waals surface area (Å²) in [6.45, 7) is 6.08. The number of amides is 1. The lowest BCUT2D eigenvalue weighted by Gasteiger charge is -2.23. The number of aliphatic hydroxyl groups excluding tert-OH is 1. The van der Waals surface area contributed by atoms with E-state index in [-0.39, 0.29) is 30.6 Å². The lowest BCUT2D eigenvalue weighted by atomic mass is 9.96. The van der Waals surface area contributed by atoms with E-state index in [2.05, 4.69) is 0 Å². The third kappa shape index (κ3) is 3.86. The van der Waals surface area contributed by atoms with Crippen LogP contribution >= 0.6 is 0 Å². The summed E-state index contributed by atoms with van der Waals surface area (Å²) in [6, 6.07) is 15.8. The quantitative estimate of drug-likeness (QED) is 0.359. The van der Waals surface area contributed by atoms with E-state index in [4.69, 9.17) is 9.15 Å². The van der Waals surface area contributed by atoms with Crippen molar-refractivity contribution in [1.82, 2.24) is 4.90 Å². The van der Waals surface area contributed by atoms with Crippen molar-refractivity contribution in [1.29, 1.82) is 0 Å². The Hall–Kier alpha value is -3.38. The number of Topliss-reactive ketones (excluding diaryl/α,β-unsaturated/α-hetero) is 1. The summed E-state index contributed by atoms with van der Waals surface area (Å²) >= 11 is 0. The fourth-order valence-corrected chi connectivity index (χ4v) is 3.97. The first-order valence-electron chi connectivity index (χ1n) is 10.3. The zero-order chi connectivity index (χ0) is 22.1. The first-order valence-corrected chi connectivity index (χ1v) is 10.3. The minimum Gasteiger partial charge on any atom is -0.507 e. The molecule has 0 radical (unpaired) electrons. The number of benzene rings is 2. The Morgan fingerprint density at radius 2 is 1.84 bits per heavy atom. The van der Waals surface area contributed by atoms with Gasteiger partial charge in [0.25, 0.3) is 11.7 Å². The van der Waals surface area contributed by atoms with Crippen LogP contribution in [0.2, 0.25) is 0 Å². The number of rotatable bonds is 6. The minimum atomic E-state index is -0.816. The van der Waals surface area contributed by atoms with Gasteiger partial charge in [0, 0.05) is 12.1 Å². The fraction of sp³-hybridized carbons (Fsp3) is 0.280. The molecule has 6 nitrogen and oxygen atoms in total. The van der Waals surface area contributed by atoms with Gasteiger partial charge in [0.2, 0.25) is 0 Å². The number of likely N-dealkylation sites (tertiary alicyclic amines) is 1. The number of aryl methyl sites for hydroxylation is 1. The second kappa shape index (κ2) is 8.40. The predicted molar refractivity (Wildman–Crippen MR) is 117 cm³/mol. The molecule has 0 saturated carbocycles. The van der Waals surface area contributed by atoms with Gasteiger partial charge < -0.3 is 19.2 Å². The Morgan fingerprint density at radius 3 is 2.55 bits per heavy atom. The van der Waals surface area contributed by atoms with Gasteiger partial charge in [-0.15, -0.1) is 0 Å². The third-order valence-corrected chi connectivity index (χ3v) is 5.40. The molecule has 160 valence electrons. The number of hydrogen-bond donors (Lipinski definition) is 1. The third-order valence-electron chi connectivity index (χ3n) is 5.40. The zero-order valence-corrected chi connectivity index (χ0v) is 17.8. The predicted octanol–water partition coefficient (Wildman–Crippen LogP) is 4.59. The maximum absolute atomic E-state index is 13.1. The summed E-state index contributed by atoms with van der Waals surface area (Å²) in [4.78, 5) is 27.4. The van der Waals surface area contributed by atoms with Gasteiger partial charge in [-0.25, -0.2) is 0 Å². The van der Waals surface area contributed by atoms with Gasteiger partial charge in [-0.3, -0.25) is 9.59 Å².